The van der Waals surface area contributed by atoms with Gasteiger partial charge in [0.15, 0.2) is 5.82 Å². The molecule has 1 aromatic carbocycles. The maximum Gasteiger partial charge on any atom is 0.248 e. The first-order valence-corrected chi connectivity index (χ1v) is 7.70. The van der Waals surface area contributed by atoms with Gasteiger partial charge in [-0.15, -0.1) is 0 Å². The van der Waals surface area contributed by atoms with Crippen LogP contribution in [0.25, 0.3) is 0 Å². The van der Waals surface area contributed by atoms with E-state index in [1.807, 2.05) is 30.3 Å². The van der Waals surface area contributed by atoms with E-state index in [-0.39, 0.29) is 17.7 Å². The Hall–Kier alpha value is -2.63. The zero-order chi connectivity index (χ0) is 16.2. The maximum absolute atomic E-state index is 12.5. The Kier molecular flexibility index (Phi) is 4.41. The van der Waals surface area contributed by atoms with Crippen LogP contribution in [0.5, 0.6) is 0 Å². The van der Waals surface area contributed by atoms with Crippen molar-refractivity contribution in [2.24, 2.45) is 5.92 Å². The van der Waals surface area contributed by atoms with Gasteiger partial charge in [-0.1, -0.05) is 35.5 Å². The van der Waals surface area contributed by atoms with Crippen molar-refractivity contribution in [2.45, 2.75) is 32.2 Å². The lowest BCUT2D eigenvalue weighted by Crippen LogP contribution is -2.45. The van der Waals surface area contributed by atoms with Gasteiger partial charge in [0.05, 0.1) is 0 Å². The van der Waals surface area contributed by atoms with Crippen LogP contribution < -0.4 is 10.6 Å². The SMILES string of the molecule is Cc1cc(NC(=O)C(Cc2ccccc2)NC(=O)C2CC2)no1. The highest BCUT2D eigenvalue weighted by molar-refractivity contribution is 5.97. The second-order valence-electron chi connectivity index (χ2n) is 5.84. The molecular formula is C17H19N3O3. The molecule has 3 rings (SSSR count). The molecule has 2 N–H and O–H groups in total. The molecule has 0 aliphatic heterocycles. The van der Waals surface area contributed by atoms with E-state index >= 15 is 0 Å². The topological polar surface area (TPSA) is 84.2 Å². The molecule has 2 amide bonds. The summed E-state index contributed by atoms with van der Waals surface area (Å²) in [5.74, 6) is 0.664. The Morgan fingerprint density at radius 3 is 2.65 bits per heavy atom. The molecule has 1 aliphatic carbocycles. The maximum atomic E-state index is 12.5. The third-order valence-electron chi connectivity index (χ3n) is 3.74. The van der Waals surface area contributed by atoms with Crippen LogP contribution in [0.1, 0.15) is 24.2 Å². The molecule has 120 valence electrons. The van der Waals surface area contributed by atoms with Crippen molar-refractivity contribution in [1.82, 2.24) is 10.5 Å². The predicted molar refractivity (Wildman–Crippen MR) is 84.7 cm³/mol. The molecule has 0 radical (unpaired) electrons. The number of rotatable bonds is 6. The number of carbonyl (C=O) groups excluding carboxylic acids is 2. The van der Waals surface area contributed by atoms with Gasteiger partial charge in [0.1, 0.15) is 11.8 Å². The Morgan fingerprint density at radius 1 is 1.30 bits per heavy atom. The third-order valence-corrected chi connectivity index (χ3v) is 3.74. The molecule has 0 saturated heterocycles. The quantitative estimate of drug-likeness (QED) is 0.855. The highest BCUT2D eigenvalue weighted by Gasteiger charge is 2.32. The number of anilines is 1. The van der Waals surface area contributed by atoms with Crippen molar-refractivity contribution >= 4 is 17.6 Å². The van der Waals surface area contributed by atoms with Gasteiger partial charge in [-0.3, -0.25) is 9.59 Å². The molecule has 0 bridgehead atoms. The van der Waals surface area contributed by atoms with E-state index in [0.717, 1.165) is 18.4 Å². The summed E-state index contributed by atoms with van der Waals surface area (Å²) in [5, 5.41) is 9.29. The van der Waals surface area contributed by atoms with Gasteiger partial charge in [0.2, 0.25) is 11.8 Å². The molecule has 1 unspecified atom stereocenters. The summed E-state index contributed by atoms with van der Waals surface area (Å²) in [4.78, 5) is 24.5. The summed E-state index contributed by atoms with van der Waals surface area (Å²) in [6, 6.07) is 10.6. The van der Waals surface area contributed by atoms with E-state index in [1.54, 1.807) is 13.0 Å². The normalized spacial score (nSPS) is 15.0. The first-order valence-electron chi connectivity index (χ1n) is 7.70. The van der Waals surface area contributed by atoms with Crippen LogP contribution in [-0.4, -0.2) is 23.0 Å². The van der Waals surface area contributed by atoms with Crippen LogP contribution >= 0.6 is 0 Å². The fourth-order valence-corrected chi connectivity index (χ4v) is 2.33. The molecule has 0 spiro atoms. The lowest BCUT2D eigenvalue weighted by molar-refractivity contribution is -0.127. The molecule has 6 heteroatoms. The molecule has 2 aromatic rings. The smallest absolute Gasteiger partial charge is 0.248 e. The van der Waals surface area contributed by atoms with E-state index in [1.165, 1.54) is 0 Å². The predicted octanol–water partition coefficient (Wildman–Crippen LogP) is 2.06. The highest BCUT2D eigenvalue weighted by atomic mass is 16.5. The summed E-state index contributed by atoms with van der Waals surface area (Å²) >= 11 is 0. The molecule has 1 fully saturated rings. The van der Waals surface area contributed by atoms with Gasteiger partial charge in [-0.2, -0.15) is 0 Å². The monoisotopic (exact) mass is 313 g/mol. The van der Waals surface area contributed by atoms with Crippen LogP contribution in [0.2, 0.25) is 0 Å². The van der Waals surface area contributed by atoms with Crippen LogP contribution in [0.15, 0.2) is 40.9 Å². The van der Waals surface area contributed by atoms with Crippen LogP contribution in [0.4, 0.5) is 5.82 Å². The molecule has 1 aliphatic rings. The van der Waals surface area contributed by atoms with Crippen LogP contribution in [0, 0.1) is 12.8 Å². The number of aromatic nitrogens is 1. The molecular weight excluding hydrogens is 294 g/mol. The second kappa shape index (κ2) is 6.64. The van der Waals surface area contributed by atoms with E-state index in [0.29, 0.717) is 18.0 Å². The largest absolute Gasteiger partial charge is 0.360 e. The van der Waals surface area contributed by atoms with E-state index in [2.05, 4.69) is 15.8 Å². The summed E-state index contributed by atoms with van der Waals surface area (Å²) in [6.45, 7) is 1.75. The Bertz CT molecular complexity index is 692. The zero-order valence-corrected chi connectivity index (χ0v) is 12.9. The lowest BCUT2D eigenvalue weighted by atomic mass is 10.0. The van der Waals surface area contributed by atoms with Crippen LogP contribution in [-0.2, 0) is 16.0 Å². The Morgan fingerprint density at radius 2 is 2.04 bits per heavy atom. The standard InChI is InChI=1S/C17H19N3O3/c1-11-9-15(20-23-11)19-17(22)14(18-16(21)13-7-8-13)10-12-5-3-2-4-6-12/h2-6,9,13-14H,7-8,10H2,1H3,(H,18,21)(H,19,20,22). The lowest BCUT2D eigenvalue weighted by Gasteiger charge is -2.17. The molecule has 1 aromatic heterocycles. The number of hydrogen-bond acceptors (Lipinski definition) is 4. The fourth-order valence-electron chi connectivity index (χ4n) is 2.33. The number of carbonyl (C=O) groups is 2. The van der Waals surface area contributed by atoms with Crippen molar-refractivity contribution in [2.75, 3.05) is 5.32 Å². The third kappa shape index (κ3) is 4.18. The van der Waals surface area contributed by atoms with E-state index in [4.69, 9.17) is 4.52 Å². The number of amides is 2. The van der Waals surface area contributed by atoms with Gasteiger partial charge in [-0.05, 0) is 25.3 Å². The molecule has 1 atom stereocenters. The van der Waals surface area contributed by atoms with Gasteiger partial charge in [-0.25, -0.2) is 0 Å². The average Bonchev–Trinajstić information content (AvgIpc) is 3.31. The van der Waals surface area contributed by atoms with E-state index in [9.17, 15) is 9.59 Å². The number of nitrogens with one attached hydrogen (secondary N) is 2. The van der Waals surface area contributed by atoms with Crippen LogP contribution in [0.3, 0.4) is 0 Å². The number of benzene rings is 1. The zero-order valence-electron chi connectivity index (χ0n) is 12.9. The molecule has 23 heavy (non-hydrogen) atoms. The first kappa shape index (κ1) is 15.3. The minimum absolute atomic E-state index is 0.0513. The number of aryl methyl sites for hydroxylation is 1. The Labute approximate surface area is 134 Å². The Balaban J connectivity index is 1.70. The average molecular weight is 313 g/mol. The van der Waals surface area contributed by atoms with Gasteiger partial charge in [0.25, 0.3) is 0 Å². The molecule has 6 nitrogen and oxygen atoms in total. The van der Waals surface area contributed by atoms with Crippen molar-refractivity contribution in [3.63, 3.8) is 0 Å². The summed E-state index contributed by atoms with van der Waals surface area (Å²) in [7, 11) is 0. The van der Waals surface area contributed by atoms with Crippen molar-refractivity contribution in [3.05, 3.63) is 47.7 Å². The van der Waals surface area contributed by atoms with Gasteiger partial charge >= 0.3 is 0 Å². The second-order valence-corrected chi connectivity index (χ2v) is 5.84. The number of nitrogens with zero attached hydrogens (tertiary/aromatic N) is 1. The first-order chi connectivity index (χ1) is 11.1. The highest BCUT2D eigenvalue weighted by Crippen LogP contribution is 2.29. The number of hydrogen-bond donors (Lipinski definition) is 2. The van der Waals surface area contributed by atoms with Gasteiger partial charge < -0.3 is 15.2 Å². The molecule has 1 saturated carbocycles. The van der Waals surface area contributed by atoms with Crippen molar-refractivity contribution in [3.8, 4) is 0 Å². The summed E-state index contributed by atoms with van der Waals surface area (Å²) < 4.78 is 4.94. The van der Waals surface area contributed by atoms with Crippen molar-refractivity contribution < 1.29 is 14.1 Å². The van der Waals surface area contributed by atoms with Crippen molar-refractivity contribution in [1.29, 1.82) is 0 Å². The summed E-state index contributed by atoms with van der Waals surface area (Å²) in [5.41, 5.74) is 0.986. The van der Waals surface area contributed by atoms with Gasteiger partial charge in [0, 0.05) is 18.4 Å². The minimum atomic E-state index is -0.637. The summed E-state index contributed by atoms with van der Waals surface area (Å²) in [6.07, 6.45) is 2.23. The van der Waals surface area contributed by atoms with E-state index < -0.39 is 6.04 Å². The molecule has 1 heterocycles. The minimum Gasteiger partial charge on any atom is -0.360 e. The fraction of sp³-hybridized carbons (Fsp3) is 0.353.